The fourth-order valence-corrected chi connectivity index (χ4v) is 2.10. The number of hydrogen-bond acceptors (Lipinski definition) is 3. The molecule has 1 N–H and O–H groups in total. The highest BCUT2D eigenvalue weighted by molar-refractivity contribution is 7.90. The number of carbonyl (C=O) groups excluding carboxylic acids is 1. The Hall–Kier alpha value is -0.420. The van der Waals surface area contributed by atoms with Crippen LogP contribution in [0.5, 0.6) is 0 Å². The first kappa shape index (κ1) is 8.67. The number of nitrogens with one attached hydrogen (secondary N) is 1. The van der Waals surface area contributed by atoms with Gasteiger partial charge in [-0.15, -0.1) is 0 Å². The SMILES string of the molecule is CC(=O)CNS(=O)(=O)C1CC1. The number of ketones is 1. The third-order valence-corrected chi connectivity index (χ3v) is 3.38. The van der Waals surface area contributed by atoms with Gasteiger partial charge in [0.15, 0.2) is 0 Å². The Balaban J connectivity index is 2.40. The molecule has 11 heavy (non-hydrogen) atoms. The quantitative estimate of drug-likeness (QED) is 0.638. The second-order valence-electron chi connectivity index (χ2n) is 2.77. The Morgan fingerprint density at radius 2 is 2.09 bits per heavy atom. The lowest BCUT2D eigenvalue weighted by Crippen LogP contribution is -2.31. The zero-order valence-electron chi connectivity index (χ0n) is 6.33. The van der Waals surface area contributed by atoms with E-state index in [4.69, 9.17) is 0 Å². The summed E-state index contributed by atoms with van der Waals surface area (Å²) in [5.41, 5.74) is 0. The third kappa shape index (κ3) is 2.59. The second-order valence-corrected chi connectivity index (χ2v) is 4.81. The summed E-state index contributed by atoms with van der Waals surface area (Å²) >= 11 is 0. The lowest BCUT2D eigenvalue weighted by Gasteiger charge is -2.00. The normalized spacial score (nSPS) is 18.3. The molecule has 4 nitrogen and oxygen atoms in total. The van der Waals surface area contributed by atoms with E-state index in [1.165, 1.54) is 6.92 Å². The molecule has 0 amide bonds. The summed E-state index contributed by atoms with van der Waals surface area (Å²) < 4.78 is 24.3. The summed E-state index contributed by atoms with van der Waals surface area (Å²) in [6, 6.07) is 0. The molecule has 0 aliphatic heterocycles. The number of hydrogen-bond donors (Lipinski definition) is 1. The van der Waals surface area contributed by atoms with E-state index in [-0.39, 0.29) is 17.6 Å². The van der Waals surface area contributed by atoms with Crippen molar-refractivity contribution in [1.29, 1.82) is 0 Å². The van der Waals surface area contributed by atoms with Gasteiger partial charge in [-0.1, -0.05) is 0 Å². The fourth-order valence-electron chi connectivity index (χ4n) is 0.698. The van der Waals surface area contributed by atoms with Crippen molar-refractivity contribution in [3.8, 4) is 0 Å². The molecule has 64 valence electrons. The minimum absolute atomic E-state index is 0.0706. The van der Waals surface area contributed by atoms with E-state index in [1.807, 2.05) is 0 Å². The van der Waals surface area contributed by atoms with Crippen LogP contribution in [0.2, 0.25) is 0 Å². The van der Waals surface area contributed by atoms with Gasteiger partial charge in [0.05, 0.1) is 11.8 Å². The van der Waals surface area contributed by atoms with Gasteiger partial charge in [-0.3, -0.25) is 4.79 Å². The van der Waals surface area contributed by atoms with E-state index in [9.17, 15) is 13.2 Å². The predicted molar refractivity (Wildman–Crippen MR) is 40.6 cm³/mol. The van der Waals surface area contributed by atoms with Crippen LogP contribution in [0.1, 0.15) is 19.8 Å². The van der Waals surface area contributed by atoms with E-state index >= 15 is 0 Å². The molecule has 1 aliphatic carbocycles. The molecule has 0 unspecified atom stereocenters. The van der Waals surface area contributed by atoms with Gasteiger partial charge in [-0.25, -0.2) is 13.1 Å². The second kappa shape index (κ2) is 2.91. The maximum absolute atomic E-state index is 11.0. The van der Waals surface area contributed by atoms with Crippen LogP contribution in [0.3, 0.4) is 0 Å². The molecule has 1 fully saturated rings. The third-order valence-electron chi connectivity index (χ3n) is 1.49. The molecule has 0 heterocycles. The van der Waals surface area contributed by atoms with Gasteiger partial charge < -0.3 is 0 Å². The minimum atomic E-state index is -3.15. The maximum atomic E-state index is 11.0. The van der Waals surface area contributed by atoms with Crippen LogP contribution in [-0.4, -0.2) is 26.0 Å². The van der Waals surface area contributed by atoms with Gasteiger partial charge >= 0.3 is 0 Å². The van der Waals surface area contributed by atoms with Gasteiger partial charge in [0.25, 0.3) is 0 Å². The van der Waals surface area contributed by atoms with Crippen molar-refractivity contribution in [2.24, 2.45) is 0 Å². The van der Waals surface area contributed by atoms with Crippen molar-refractivity contribution >= 4 is 15.8 Å². The molecule has 5 heteroatoms. The Morgan fingerprint density at radius 1 is 1.55 bits per heavy atom. The molecule has 0 atom stereocenters. The van der Waals surface area contributed by atoms with Gasteiger partial charge in [-0.2, -0.15) is 0 Å². The molecule has 1 aliphatic rings. The Morgan fingerprint density at radius 3 is 2.45 bits per heavy atom. The topological polar surface area (TPSA) is 63.2 Å². The van der Waals surface area contributed by atoms with Crippen LogP contribution in [0.15, 0.2) is 0 Å². The zero-order valence-corrected chi connectivity index (χ0v) is 7.15. The van der Waals surface area contributed by atoms with Crippen LogP contribution in [-0.2, 0) is 14.8 Å². The van der Waals surface area contributed by atoms with E-state index in [0.717, 1.165) is 12.8 Å². The Kier molecular flexibility index (Phi) is 2.29. The Labute approximate surface area is 66.0 Å². The molecular formula is C6H11NO3S. The van der Waals surface area contributed by atoms with E-state index < -0.39 is 10.0 Å². The smallest absolute Gasteiger partial charge is 0.214 e. The monoisotopic (exact) mass is 177 g/mol. The average molecular weight is 177 g/mol. The maximum Gasteiger partial charge on any atom is 0.214 e. The van der Waals surface area contributed by atoms with Crippen LogP contribution in [0, 0.1) is 0 Å². The molecule has 1 rings (SSSR count). The molecule has 0 radical (unpaired) electrons. The summed E-state index contributed by atoms with van der Waals surface area (Å²) in [4.78, 5) is 10.4. The summed E-state index contributed by atoms with van der Waals surface area (Å²) in [6.07, 6.45) is 1.46. The van der Waals surface area contributed by atoms with Crippen LogP contribution in [0.25, 0.3) is 0 Å². The van der Waals surface area contributed by atoms with Crippen molar-refractivity contribution in [2.75, 3.05) is 6.54 Å². The lowest BCUT2D eigenvalue weighted by atomic mass is 10.5. The van der Waals surface area contributed by atoms with E-state index in [1.54, 1.807) is 0 Å². The molecule has 1 saturated carbocycles. The van der Waals surface area contributed by atoms with Crippen molar-refractivity contribution in [2.45, 2.75) is 25.0 Å². The number of sulfonamides is 1. The predicted octanol–water partition coefficient (Wildman–Crippen LogP) is -0.343. The largest absolute Gasteiger partial charge is 0.299 e. The first-order valence-corrected chi connectivity index (χ1v) is 5.05. The van der Waals surface area contributed by atoms with Gasteiger partial charge in [-0.05, 0) is 19.8 Å². The van der Waals surface area contributed by atoms with Gasteiger partial charge in [0, 0.05) is 0 Å². The standard InChI is InChI=1S/C6H11NO3S/c1-5(8)4-7-11(9,10)6-2-3-6/h6-7H,2-4H2,1H3. The molecular weight excluding hydrogens is 166 g/mol. The first-order chi connectivity index (χ1) is 5.02. The highest BCUT2D eigenvalue weighted by Crippen LogP contribution is 2.27. The van der Waals surface area contributed by atoms with Crippen LogP contribution in [0.4, 0.5) is 0 Å². The average Bonchev–Trinajstić information content (AvgIpc) is 2.64. The molecule has 0 aromatic carbocycles. The zero-order chi connectivity index (χ0) is 8.48. The van der Waals surface area contributed by atoms with E-state index in [2.05, 4.69) is 4.72 Å². The molecule has 0 aromatic rings. The summed E-state index contributed by atoms with van der Waals surface area (Å²) in [5.74, 6) is -0.158. The van der Waals surface area contributed by atoms with Gasteiger partial charge in [0.2, 0.25) is 10.0 Å². The lowest BCUT2D eigenvalue weighted by molar-refractivity contribution is -0.115. The highest BCUT2D eigenvalue weighted by atomic mass is 32.2. The van der Waals surface area contributed by atoms with Crippen molar-refractivity contribution in [1.82, 2.24) is 4.72 Å². The summed E-state index contributed by atoms with van der Waals surface area (Å²) in [7, 11) is -3.15. The first-order valence-electron chi connectivity index (χ1n) is 3.50. The van der Waals surface area contributed by atoms with Crippen molar-refractivity contribution in [3.63, 3.8) is 0 Å². The number of Topliss-reactive ketones (excluding diaryl/α,β-unsaturated/α-hetero) is 1. The van der Waals surface area contributed by atoms with Crippen LogP contribution < -0.4 is 4.72 Å². The summed E-state index contributed by atoms with van der Waals surface area (Å²) in [6.45, 7) is 1.29. The Bertz CT molecular complexity index is 253. The molecule has 0 saturated heterocycles. The molecule has 0 bridgehead atoms. The van der Waals surface area contributed by atoms with Crippen molar-refractivity contribution < 1.29 is 13.2 Å². The molecule has 0 spiro atoms. The summed E-state index contributed by atoms with van der Waals surface area (Å²) in [5, 5.41) is -0.234. The number of rotatable bonds is 4. The number of carbonyl (C=O) groups is 1. The fraction of sp³-hybridized carbons (Fsp3) is 0.833. The van der Waals surface area contributed by atoms with E-state index in [0.29, 0.717) is 0 Å². The highest BCUT2D eigenvalue weighted by Gasteiger charge is 2.35. The van der Waals surface area contributed by atoms with Crippen LogP contribution >= 0.6 is 0 Å². The minimum Gasteiger partial charge on any atom is -0.299 e. The molecule has 0 aromatic heterocycles. The van der Waals surface area contributed by atoms with Crippen molar-refractivity contribution in [3.05, 3.63) is 0 Å². The van der Waals surface area contributed by atoms with Gasteiger partial charge in [0.1, 0.15) is 5.78 Å².